The molecule has 0 aromatic rings. The highest BCUT2D eigenvalue weighted by molar-refractivity contribution is 5.69. The number of carbonyl (C=O) groups is 1. The standard InChI is InChI=1S/C27H37FO5/c1-19(16-25(29)31-5)15-22(30-4)11-12-24-23(20-7-6-8-21(28)10-9-20)17-27(18-26(24,2)3)32-13-14-33-27/h6,8-12,19,22H,7,13-18H2,1-5H3/b12-11+. The van der Waals surface area contributed by atoms with E-state index >= 15 is 0 Å². The normalized spacial score (nSPS) is 23.9. The van der Waals surface area contributed by atoms with Crippen LogP contribution in [0, 0.1) is 11.3 Å². The Labute approximate surface area is 197 Å². The van der Waals surface area contributed by atoms with Crippen molar-refractivity contribution in [2.45, 2.75) is 64.8 Å². The summed E-state index contributed by atoms with van der Waals surface area (Å²) in [4.78, 5) is 11.6. The van der Waals surface area contributed by atoms with Crippen LogP contribution in [0.25, 0.3) is 0 Å². The molecule has 3 aliphatic rings. The van der Waals surface area contributed by atoms with Crippen LogP contribution in [-0.4, -0.2) is 45.3 Å². The Morgan fingerprint density at radius 3 is 2.64 bits per heavy atom. The Bertz CT molecular complexity index is 871. The highest BCUT2D eigenvalue weighted by Gasteiger charge is 2.48. The fourth-order valence-electron chi connectivity index (χ4n) is 5.05. The van der Waals surface area contributed by atoms with E-state index in [-0.39, 0.29) is 29.2 Å². The van der Waals surface area contributed by atoms with E-state index in [0.717, 1.165) is 17.6 Å². The van der Waals surface area contributed by atoms with Crippen LogP contribution in [0.4, 0.5) is 4.39 Å². The Balaban J connectivity index is 1.93. The molecule has 3 rings (SSSR count). The first kappa shape index (κ1) is 25.6. The minimum atomic E-state index is -0.634. The largest absolute Gasteiger partial charge is 0.469 e. The van der Waals surface area contributed by atoms with Crippen molar-refractivity contribution < 1.29 is 28.1 Å². The zero-order chi connectivity index (χ0) is 24.1. The molecule has 0 radical (unpaired) electrons. The van der Waals surface area contributed by atoms with E-state index in [9.17, 15) is 9.18 Å². The lowest BCUT2D eigenvalue weighted by atomic mass is 9.68. The van der Waals surface area contributed by atoms with E-state index in [2.05, 4.69) is 26.0 Å². The van der Waals surface area contributed by atoms with Crippen molar-refractivity contribution in [3.63, 3.8) is 0 Å². The second kappa shape index (κ2) is 10.9. The summed E-state index contributed by atoms with van der Waals surface area (Å²) in [7, 11) is 3.09. The van der Waals surface area contributed by atoms with Gasteiger partial charge in [-0.1, -0.05) is 45.1 Å². The molecule has 0 aromatic carbocycles. The van der Waals surface area contributed by atoms with Crippen LogP contribution in [0.1, 0.15) is 52.9 Å². The smallest absolute Gasteiger partial charge is 0.305 e. The minimum absolute atomic E-state index is 0.131. The summed E-state index contributed by atoms with van der Waals surface area (Å²) < 4.78 is 36.6. The summed E-state index contributed by atoms with van der Waals surface area (Å²) in [5, 5.41) is 0. The number of ether oxygens (including phenoxy) is 4. The molecular formula is C27H37FO5. The molecule has 1 spiro atoms. The molecule has 5 nitrogen and oxygen atoms in total. The van der Waals surface area contributed by atoms with Crippen molar-refractivity contribution >= 4 is 5.97 Å². The third-order valence-corrected chi connectivity index (χ3v) is 6.63. The first-order valence-electron chi connectivity index (χ1n) is 11.7. The fraction of sp³-hybridized carbons (Fsp3) is 0.593. The van der Waals surface area contributed by atoms with Crippen LogP contribution in [0.2, 0.25) is 0 Å². The van der Waals surface area contributed by atoms with Crippen molar-refractivity contribution in [1.82, 2.24) is 0 Å². The molecule has 1 aliphatic heterocycles. The molecule has 33 heavy (non-hydrogen) atoms. The quantitative estimate of drug-likeness (QED) is 0.432. The number of hydrogen-bond donors (Lipinski definition) is 0. The maximum atomic E-state index is 13.9. The van der Waals surface area contributed by atoms with Crippen LogP contribution in [-0.2, 0) is 23.7 Å². The first-order chi connectivity index (χ1) is 15.7. The predicted octanol–water partition coefficient (Wildman–Crippen LogP) is 5.75. The second-order valence-corrected chi connectivity index (χ2v) is 9.84. The van der Waals surface area contributed by atoms with Crippen LogP contribution in [0.3, 0.4) is 0 Å². The van der Waals surface area contributed by atoms with Crippen LogP contribution >= 0.6 is 0 Å². The van der Waals surface area contributed by atoms with Crippen LogP contribution < -0.4 is 0 Å². The lowest BCUT2D eigenvalue weighted by Crippen LogP contribution is -2.41. The molecule has 2 atom stereocenters. The number of hydrogen-bond acceptors (Lipinski definition) is 5. The van der Waals surface area contributed by atoms with Gasteiger partial charge < -0.3 is 18.9 Å². The Morgan fingerprint density at radius 1 is 1.24 bits per heavy atom. The van der Waals surface area contributed by atoms with E-state index in [1.165, 1.54) is 24.8 Å². The van der Waals surface area contributed by atoms with Crippen LogP contribution in [0.15, 0.2) is 59.0 Å². The number of carbonyl (C=O) groups excluding carboxylic acids is 1. The lowest BCUT2D eigenvalue weighted by molar-refractivity contribution is -0.178. The molecule has 0 amide bonds. The second-order valence-electron chi connectivity index (χ2n) is 9.84. The van der Waals surface area contributed by atoms with Gasteiger partial charge in [0.2, 0.25) is 0 Å². The Hall–Kier alpha value is -2.02. The summed E-state index contributed by atoms with van der Waals surface area (Å²) in [5.41, 5.74) is 3.17. The average molecular weight is 461 g/mol. The average Bonchev–Trinajstić information content (AvgIpc) is 3.08. The van der Waals surface area contributed by atoms with E-state index in [1.807, 2.05) is 19.1 Å². The number of esters is 1. The lowest BCUT2D eigenvalue weighted by Gasteiger charge is -2.44. The van der Waals surface area contributed by atoms with E-state index in [4.69, 9.17) is 18.9 Å². The van der Waals surface area contributed by atoms with Gasteiger partial charge in [0.15, 0.2) is 5.79 Å². The van der Waals surface area contributed by atoms with Gasteiger partial charge in [-0.05, 0) is 53.0 Å². The van der Waals surface area contributed by atoms with E-state index in [1.54, 1.807) is 7.11 Å². The van der Waals surface area contributed by atoms with Crippen molar-refractivity contribution in [1.29, 1.82) is 0 Å². The minimum Gasteiger partial charge on any atom is -0.469 e. The first-order valence-corrected chi connectivity index (χ1v) is 11.7. The molecule has 1 saturated heterocycles. The number of rotatable bonds is 8. The monoisotopic (exact) mass is 460 g/mol. The molecule has 6 heteroatoms. The summed E-state index contributed by atoms with van der Waals surface area (Å²) in [6.07, 6.45) is 13.9. The highest BCUT2D eigenvalue weighted by Crippen LogP contribution is 2.51. The van der Waals surface area contributed by atoms with E-state index < -0.39 is 5.79 Å². The van der Waals surface area contributed by atoms with Gasteiger partial charge in [-0.3, -0.25) is 4.79 Å². The molecule has 0 bridgehead atoms. The van der Waals surface area contributed by atoms with Gasteiger partial charge in [0.1, 0.15) is 5.83 Å². The van der Waals surface area contributed by atoms with Gasteiger partial charge in [-0.2, -0.15) is 0 Å². The van der Waals surface area contributed by atoms with Crippen molar-refractivity contribution in [2.24, 2.45) is 11.3 Å². The van der Waals surface area contributed by atoms with Gasteiger partial charge in [-0.25, -0.2) is 4.39 Å². The number of methoxy groups -OCH3 is 2. The van der Waals surface area contributed by atoms with Gasteiger partial charge in [0, 0.05) is 26.4 Å². The fourth-order valence-corrected chi connectivity index (χ4v) is 5.05. The molecule has 182 valence electrons. The van der Waals surface area contributed by atoms with Crippen molar-refractivity contribution in [2.75, 3.05) is 27.4 Å². The number of allylic oxidation sites excluding steroid dienone is 8. The Morgan fingerprint density at radius 2 is 1.97 bits per heavy atom. The predicted molar refractivity (Wildman–Crippen MR) is 126 cm³/mol. The zero-order valence-corrected chi connectivity index (χ0v) is 20.5. The molecule has 2 aliphatic carbocycles. The number of halogens is 1. The third-order valence-electron chi connectivity index (χ3n) is 6.63. The summed E-state index contributed by atoms with van der Waals surface area (Å²) in [5.74, 6) is -0.966. The van der Waals surface area contributed by atoms with E-state index in [0.29, 0.717) is 38.9 Å². The maximum absolute atomic E-state index is 13.9. The maximum Gasteiger partial charge on any atom is 0.305 e. The summed E-state index contributed by atoms with van der Waals surface area (Å²) in [6, 6.07) is 0. The van der Waals surface area contributed by atoms with Crippen molar-refractivity contribution in [3.05, 3.63) is 59.0 Å². The van der Waals surface area contributed by atoms with Gasteiger partial charge in [-0.15, -0.1) is 0 Å². The Kier molecular flexibility index (Phi) is 8.48. The molecular weight excluding hydrogens is 423 g/mol. The molecule has 0 aromatic heterocycles. The molecule has 2 unspecified atom stereocenters. The van der Waals surface area contributed by atoms with Gasteiger partial charge >= 0.3 is 5.97 Å². The van der Waals surface area contributed by atoms with Crippen LogP contribution in [0.5, 0.6) is 0 Å². The van der Waals surface area contributed by atoms with Crippen molar-refractivity contribution in [3.8, 4) is 0 Å². The molecule has 0 saturated carbocycles. The molecule has 1 heterocycles. The third kappa shape index (κ3) is 6.52. The molecule has 0 N–H and O–H groups in total. The summed E-state index contributed by atoms with van der Waals surface area (Å²) >= 11 is 0. The van der Waals surface area contributed by atoms with Gasteiger partial charge in [0.05, 0.1) is 26.4 Å². The topological polar surface area (TPSA) is 54.0 Å². The van der Waals surface area contributed by atoms with Gasteiger partial charge in [0.25, 0.3) is 0 Å². The SMILES string of the molecule is COC(=O)CC(C)CC(/C=C/C1=C(C2=CC=C(F)C=CC2)CC2(CC1(C)C)OCCO2)OC. The summed E-state index contributed by atoms with van der Waals surface area (Å²) in [6.45, 7) is 7.60. The highest BCUT2D eigenvalue weighted by atomic mass is 19.1. The zero-order valence-electron chi connectivity index (χ0n) is 20.5. The molecule has 1 fully saturated rings.